The zero-order chi connectivity index (χ0) is 13.7. The fourth-order valence-electron chi connectivity index (χ4n) is 1.92. The van der Waals surface area contributed by atoms with Gasteiger partial charge < -0.3 is 10.2 Å². The topological polar surface area (TPSA) is 40.5 Å². The zero-order valence-electron chi connectivity index (χ0n) is 9.99. The minimum atomic E-state index is -0.0573. The van der Waals surface area contributed by atoms with Crippen molar-refractivity contribution in [3.63, 3.8) is 0 Å². The van der Waals surface area contributed by atoms with E-state index in [4.69, 9.17) is 0 Å². The quantitative estimate of drug-likeness (QED) is 0.635. The summed E-state index contributed by atoms with van der Waals surface area (Å²) >= 11 is 6.89. The van der Waals surface area contributed by atoms with Gasteiger partial charge in [-0.25, -0.2) is 0 Å². The molecule has 0 bridgehead atoms. The van der Waals surface area contributed by atoms with Gasteiger partial charge in [0.25, 0.3) is 0 Å². The first-order valence-corrected chi connectivity index (χ1v) is 9.08. The Balaban J connectivity index is 1.69. The van der Waals surface area contributed by atoms with Gasteiger partial charge in [0.1, 0.15) is 0 Å². The number of hydrogen-bond acceptors (Lipinski definition) is 6. The molecule has 2 aliphatic rings. The van der Waals surface area contributed by atoms with E-state index in [1.807, 2.05) is 0 Å². The molecule has 2 aromatic rings. The van der Waals surface area contributed by atoms with Crippen molar-refractivity contribution < 1.29 is 10.2 Å². The van der Waals surface area contributed by atoms with Gasteiger partial charge in [-0.3, -0.25) is 0 Å². The molecule has 0 saturated heterocycles. The van der Waals surface area contributed by atoms with Crippen LogP contribution in [0.15, 0.2) is 64.5 Å². The summed E-state index contributed by atoms with van der Waals surface area (Å²) < 4.78 is 2.49. The van der Waals surface area contributed by atoms with E-state index in [1.165, 1.54) is 18.3 Å². The van der Waals surface area contributed by atoms with E-state index in [0.717, 1.165) is 9.79 Å². The summed E-state index contributed by atoms with van der Waals surface area (Å²) in [6.07, 6.45) is 0. The Bertz CT molecular complexity index is 695. The molecule has 0 radical (unpaired) electrons. The second kappa shape index (κ2) is 4.87. The lowest BCUT2D eigenvalue weighted by molar-refractivity contribution is 0.401. The van der Waals surface area contributed by atoms with Crippen molar-refractivity contribution in [2.45, 2.75) is 19.6 Å². The molecule has 0 aromatic heterocycles. The highest BCUT2D eigenvalue weighted by molar-refractivity contribution is 8.30. The Kier molecular flexibility index (Phi) is 3.14. The first-order valence-electron chi connectivity index (χ1n) is 5.81. The molecule has 0 saturated carbocycles. The van der Waals surface area contributed by atoms with E-state index in [1.54, 1.807) is 59.2 Å². The highest BCUT2D eigenvalue weighted by atomic mass is 32.2. The maximum absolute atomic E-state index is 9.58. The molecule has 2 heterocycles. The Morgan fingerprint density at radius 1 is 0.600 bits per heavy atom. The summed E-state index contributed by atoms with van der Waals surface area (Å²) in [6.45, 7) is 0. The molecule has 2 aromatic carbocycles. The van der Waals surface area contributed by atoms with Crippen LogP contribution in [0.1, 0.15) is 0 Å². The van der Waals surface area contributed by atoms with E-state index in [0.29, 0.717) is 0 Å². The number of benzene rings is 2. The summed E-state index contributed by atoms with van der Waals surface area (Å²) in [4.78, 5) is 4.60. The van der Waals surface area contributed by atoms with Crippen LogP contribution in [0.25, 0.3) is 0 Å². The third-order valence-electron chi connectivity index (χ3n) is 2.87. The minimum absolute atomic E-state index is 0.0573. The number of phenolic OH excluding ortho intramolecular Hbond substituents is 2. The lowest BCUT2D eigenvalue weighted by atomic mass is 10.3. The molecule has 2 nitrogen and oxygen atoms in total. The molecule has 0 aliphatic carbocycles. The van der Waals surface area contributed by atoms with E-state index in [-0.39, 0.29) is 11.5 Å². The first-order chi connectivity index (χ1) is 9.70. The van der Waals surface area contributed by atoms with Crippen LogP contribution in [0.3, 0.4) is 0 Å². The van der Waals surface area contributed by atoms with Crippen LogP contribution >= 0.6 is 47.0 Å². The van der Waals surface area contributed by atoms with Crippen molar-refractivity contribution in [1.82, 2.24) is 0 Å². The third kappa shape index (κ3) is 2.11. The van der Waals surface area contributed by atoms with Gasteiger partial charge in [-0.05, 0) is 24.3 Å². The maximum atomic E-state index is 9.58. The van der Waals surface area contributed by atoms with Crippen molar-refractivity contribution in [2.24, 2.45) is 0 Å². The van der Waals surface area contributed by atoms with E-state index in [2.05, 4.69) is 24.3 Å². The lowest BCUT2D eigenvalue weighted by Gasteiger charge is -1.99. The van der Waals surface area contributed by atoms with Crippen LogP contribution in [0.5, 0.6) is 11.5 Å². The van der Waals surface area contributed by atoms with E-state index in [9.17, 15) is 10.2 Å². The van der Waals surface area contributed by atoms with Crippen LogP contribution in [-0.2, 0) is 0 Å². The zero-order valence-corrected chi connectivity index (χ0v) is 13.3. The van der Waals surface area contributed by atoms with Gasteiger partial charge in [-0.1, -0.05) is 59.2 Å². The molecule has 0 fully saturated rings. The predicted octanol–water partition coefficient (Wildman–Crippen LogP) is 5.32. The average Bonchev–Trinajstić information content (AvgIpc) is 3.02. The predicted molar refractivity (Wildman–Crippen MR) is 86.7 cm³/mol. The molecule has 0 atom stereocenters. The Hall–Kier alpha value is -0.820. The molecule has 100 valence electrons. The van der Waals surface area contributed by atoms with Crippen molar-refractivity contribution in [2.75, 3.05) is 0 Å². The van der Waals surface area contributed by atoms with Gasteiger partial charge in [0, 0.05) is 19.6 Å². The molecule has 6 heteroatoms. The summed E-state index contributed by atoms with van der Waals surface area (Å²) in [6, 6.07) is 11.6. The van der Waals surface area contributed by atoms with Crippen molar-refractivity contribution in [3.05, 3.63) is 44.9 Å². The van der Waals surface area contributed by atoms with E-state index < -0.39 is 0 Å². The van der Waals surface area contributed by atoms with Crippen LogP contribution in [0, 0.1) is 0 Å². The fraction of sp³-hybridized carbons (Fsp3) is 0. The molecule has 2 N–H and O–H groups in total. The average molecular weight is 336 g/mol. The lowest BCUT2D eigenvalue weighted by Crippen LogP contribution is -1.72. The molecule has 0 unspecified atom stereocenters. The summed E-state index contributed by atoms with van der Waals surface area (Å²) in [5.41, 5.74) is 0. The SMILES string of the molecule is Oc1cc2c(cc1O)SC(=C1Sc3ccccc3S1)S2. The van der Waals surface area contributed by atoms with Crippen LogP contribution in [0.4, 0.5) is 0 Å². The Morgan fingerprint density at radius 2 is 1.00 bits per heavy atom. The first kappa shape index (κ1) is 12.9. The number of fused-ring (bicyclic) bond motifs is 2. The largest absolute Gasteiger partial charge is 0.504 e. The molecular formula is C14H8O2S4. The van der Waals surface area contributed by atoms with E-state index >= 15 is 0 Å². The van der Waals surface area contributed by atoms with Crippen LogP contribution in [0.2, 0.25) is 0 Å². The number of hydrogen-bond donors (Lipinski definition) is 2. The summed E-state index contributed by atoms with van der Waals surface area (Å²) in [5, 5.41) is 19.2. The highest BCUT2D eigenvalue weighted by Gasteiger charge is 2.27. The van der Waals surface area contributed by atoms with Gasteiger partial charge in [-0.2, -0.15) is 0 Å². The van der Waals surface area contributed by atoms with Gasteiger partial charge in [0.2, 0.25) is 0 Å². The second-order valence-corrected chi connectivity index (χ2v) is 8.94. The molecule has 0 amide bonds. The second-order valence-electron chi connectivity index (χ2n) is 4.22. The molecule has 2 aliphatic heterocycles. The Morgan fingerprint density at radius 3 is 1.45 bits per heavy atom. The highest BCUT2D eigenvalue weighted by Crippen LogP contribution is 2.62. The van der Waals surface area contributed by atoms with Gasteiger partial charge in [0.15, 0.2) is 11.5 Å². The van der Waals surface area contributed by atoms with Gasteiger partial charge in [0.05, 0.1) is 8.47 Å². The van der Waals surface area contributed by atoms with Crippen molar-refractivity contribution >= 4 is 47.0 Å². The number of phenols is 2. The smallest absolute Gasteiger partial charge is 0.158 e. The summed E-state index contributed by atoms with van der Waals surface area (Å²) in [7, 11) is 0. The van der Waals surface area contributed by atoms with Crippen molar-refractivity contribution in [1.29, 1.82) is 0 Å². The fourth-order valence-corrected chi connectivity index (χ4v) is 7.26. The Labute approximate surface area is 133 Å². The summed E-state index contributed by atoms with van der Waals surface area (Å²) in [5.74, 6) is -0.115. The minimum Gasteiger partial charge on any atom is -0.504 e. The van der Waals surface area contributed by atoms with Gasteiger partial charge >= 0.3 is 0 Å². The third-order valence-corrected chi connectivity index (χ3v) is 8.47. The number of rotatable bonds is 0. The normalized spacial score (nSPS) is 16.4. The standard InChI is InChI=1S/C14H8O2S4/c15-7-5-11-12(6-8(7)16)20-14(19-11)13-17-9-3-1-2-4-10(9)18-13/h1-6,15-16H. The molecule has 4 rings (SSSR count). The number of thioether (sulfide) groups is 4. The van der Waals surface area contributed by atoms with Gasteiger partial charge in [-0.15, -0.1) is 0 Å². The van der Waals surface area contributed by atoms with Crippen LogP contribution in [-0.4, -0.2) is 10.2 Å². The molecule has 0 spiro atoms. The molecule has 20 heavy (non-hydrogen) atoms. The van der Waals surface area contributed by atoms with Crippen LogP contribution < -0.4 is 0 Å². The van der Waals surface area contributed by atoms with Crippen molar-refractivity contribution in [3.8, 4) is 11.5 Å². The maximum Gasteiger partial charge on any atom is 0.158 e. The monoisotopic (exact) mass is 336 g/mol. The number of aromatic hydroxyl groups is 2. The molecular weight excluding hydrogens is 328 g/mol.